The van der Waals surface area contributed by atoms with Crippen LogP contribution in [-0.2, 0) is 11.2 Å². The number of hydrogen-bond acceptors (Lipinski definition) is 3. The topological polar surface area (TPSA) is 39.2 Å². The van der Waals surface area contributed by atoms with E-state index in [4.69, 9.17) is 11.6 Å². The van der Waals surface area contributed by atoms with Crippen molar-refractivity contribution in [3.63, 3.8) is 0 Å². The van der Waals surface area contributed by atoms with E-state index in [9.17, 15) is 4.79 Å². The maximum atomic E-state index is 11.5. The SMILES string of the molecule is CCCCc1ccc2nc(C(=O)OC)cc(Cl)c2c1. The quantitative estimate of drug-likeness (QED) is 0.793. The standard InChI is InChI=1S/C15H16ClNO2/c1-3-4-5-10-6-7-13-11(8-10)12(16)9-14(17-13)15(18)19-2/h6-9H,3-5H2,1-2H3. The molecule has 19 heavy (non-hydrogen) atoms. The zero-order valence-electron chi connectivity index (χ0n) is 11.1. The fourth-order valence-corrected chi connectivity index (χ4v) is 2.23. The summed E-state index contributed by atoms with van der Waals surface area (Å²) in [6, 6.07) is 7.53. The Hall–Kier alpha value is -1.61. The Morgan fingerprint density at radius 2 is 2.16 bits per heavy atom. The first-order valence-electron chi connectivity index (χ1n) is 6.33. The predicted octanol–water partition coefficient (Wildman–Crippen LogP) is 4.02. The first-order valence-corrected chi connectivity index (χ1v) is 6.71. The normalized spacial score (nSPS) is 10.7. The highest BCUT2D eigenvalue weighted by Gasteiger charge is 2.11. The smallest absolute Gasteiger partial charge is 0.356 e. The number of methoxy groups -OCH3 is 1. The lowest BCUT2D eigenvalue weighted by atomic mass is 10.1. The van der Waals surface area contributed by atoms with Gasteiger partial charge < -0.3 is 4.74 Å². The third kappa shape index (κ3) is 3.04. The van der Waals surface area contributed by atoms with Crippen LogP contribution in [-0.4, -0.2) is 18.1 Å². The molecule has 2 rings (SSSR count). The number of unbranched alkanes of at least 4 members (excludes halogenated alkanes) is 1. The third-order valence-electron chi connectivity index (χ3n) is 3.04. The molecule has 100 valence electrons. The van der Waals surface area contributed by atoms with Crippen molar-refractivity contribution in [2.45, 2.75) is 26.2 Å². The van der Waals surface area contributed by atoms with Crippen LogP contribution in [0.4, 0.5) is 0 Å². The zero-order valence-corrected chi connectivity index (χ0v) is 11.8. The zero-order chi connectivity index (χ0) is 13.8. The molecule has 1 aromatic heterocycles. The van der Waals surface area contributed by atoms with E-state index in [0.717, 1.165) is 24.6 Å². The van der Waals surface area contributed by atoms with Crippen molar-refractivity contribution in [3.05, 3.63) is 40.5 Å². The second kappa shape index (κ2) is 6.02. The van der Waals surface area contributed by atoms with Crippen LogP contribution >= 0.6 is 11.6 Å². The van der Waals surface area contributed by atoms with Gasteiger partial charge in [-0.3, -0.25) is 0 Å². The van der Waals surface area contributed by atoms with Gasteiger partial charge in [0.15, 0.2) is 5.69 Å². The molecule has 1 heterocycles. The van der Waals surface area contributed by atoms with Gasteiger partial charge in [-0.05, 0) is 36.6 Å². The van der Waals surface area contributed by atoms with Gasteiger partial charge in [0.05, 0.1) is 17.6 Å². The second-order valence-corrected chi connectivity index (χ2v) is 4.84. The fraction of sp³-hybridized carbons (Fsp3) is 0.333. The molecule has 0 amide bonds. The monoisotopic (exact) mass is 277 g/mol. The number of pyridine rings is 1. The number of aromatic nitrogens is 1. The summed E-state index contributed by atoms with van der Waals surface area (Å²) in [5.41, 5.74) is 2.19. The first kappa shape index (κ1) is 13.8. The predicted molar refractivity (Wildman–Crippen MR) is 76.7 cm³/mol. The number of halogens is 1. The summed E-state index contributed by atoms with van der Waals surface area (Å²) in [6.07, 6.45) is 3.34. The van der Waals surface area contributed by atoms with Gasteiger partial charge in [0, 0.05) is 5.39 Å². The number of nitrogens with zero attached hydrogens (tertiary/aromatic N) is 1. The van der Waals surface area contributed by atoms with Crippen LogP contribution < -0.4 is 0 Å². The lowest BCUT2D eigenvalue weighted by Crippen LogP contribution is -2.04. The lowest BCUT2D eigenvalue weighted by molar-refractivity contribution is 0.0594. The number of rotatable bonds is 4. The molecule has 0 saturated heterocycles. The molecule has 0 radical (unpaired) electrons. The molecule has 0 unspecified atom stereocenters. The first-order chi connectivity index (χ1) is 9.15. The molecule has 0 bridgehead atoms. The highest BCUT2D eigenvalue weighted by molar-refractivity contribution is 6.35. The summed E-state index contributed by atoms with van der Waals surface area (Å²) in [6.45, 7) is 2.16. The number of carbonyl (C=O) groups excluding carboxylic acids is 1. The molecule has 1 aromatic carbocycles. The van der Waals surface area contributed by atoms with E-state index in [2.05, 4.69) is 16.6 Å². The van der Waals surface area contributed by atoms with Gasteiger partial charge >= 0.3 is 5.97 Å². The highest BCUT2D eigenvalue weighted by Crippen LogP contribution is 2.25. The number of benzene rings is 1. The van der Waals surface area contributed by atoms with E-state index < -0.39 is 5.97 Å². The molecule has 0 saturated carbocycles. The van der Waals surface area contributed by atoms with Crippen molar-refractivity contribution in [2.24, 2.45) is 0 Å². The van der Waals surface area contributed by atoms with E-state index >= 15 is 0 Å². The highest BCUT2D eigenvalue weighted by atomic mass is 35.5. The molecule has 0 N–H and O–H groups in total. The fourth-order valence-electron chi connectivity index (χ4n) is 1.98. The Balaban J connectivity index is 2.44. The average Bonchev–Trinajstić information content (AvgIpc) is 2.44. The third-order valence-corrected chi connectivity index (χ3v) is 3.35. The Morgan fingerprint density at radius 3 is 2.84 bits per heavy atom. The number of hydrogen-bond donors (Lipinski definition) is 0. The van der Waals surface area contributed by atoms with Crippen molar-refractivity contribution in [1.82, 2.24) is 4.98 Å². The molecule has 3 nitrogen and oxygen atoms in total. The summed E-state index contributed by atoms with van der Waals surface area (Å²) in [4.78, 5) is 15.7. The van der Waals surface area contributed by atoms with Crippen LogP contribution in [0.2, 0.25) is 5.02 Å². The Bertz CT molecular complexity index is 610. The molecule has 0 aliphatic rings. The van der Waals surface area contributed by atoms with Crippen molar-refractivity contribution < 1.29 is 9.53 Å². The summed E-state index contributed by atoms with van der Waals surface area (Å²) in [5.74, 6) is -0.473. The summed E-state index contributed by atoms with van der Waals surface area (Å²) >= 11 is 6.22. The Kier molecular flexibility index (Phi) is 4.38. The molecule has 0 atom stereocenters. The summed E-state index contributed by atoms with van der Waals surface area (Å²) in [5, 5.41) is 1.41. The van der Waals surface area contributed by atoms with E-state index in [-0.39, 0.29) is 5.69 Å². The van der Waals surface area contributed by atoms with Crippen LogP contribution in [0.1, 0.15) is 35.8 Å². The van der Waals surface area contributed by atoms with Crippen LogP contribution in [0.15, 0.2) is 24.3 Å². The minimum Gasteiger partial charge on any atom is -0.464 e. The van der Waals surface area contributed by atoms with Gasteiger partial charge in [0.25, 0.3) is 0 Å². The maximum Gasteiger partial charge on any atom is 0.356 e. The number of esters is 1. The second-order valence-electron chi connectivity index (χ2n) is 4.44. The Labute approximate surface area is 117 Å². The number of aryl methyl sites for hydroxylation is 1. The largest absolute Gasteiger partial charge is 0.464 e. The van der Waals surface area contributed by atoms with Crippen molar-refractivity contribution in [3.8, 4) is 0 Å². The van der Waals surface area contributed by atoms with Crippen LogP contribution in [0, 0.1) is 0 Å². The molecule has 0 spiro atoms. The van der Waals surface area contributed by atoms with Gasteiger partial charge in [0.1, 0.15) is 0 Å². The molecule has 0 aliphatic carbocycles. The van der Waals surface area contributed by atoms with Crippen LogP contribution in [0.5, 0.6) is 0 Å². The maximum absolute atomic E-state index is 11.5. The van der Waals surface area contributed by atoms with Crippen molar-refractivity contribution in [2.75, 3.05) is 7.11 Å². The van der Waals surface area contributed by atoms with E-state index in [1.807, 2.05) is 18.2 Å². The number of carbonyl (C=O) groups is 1. The molecular formula is C15H16ClNO2. The average molecular weight is 278 g/mol. The van der Waals surface area contributed by atoms with Gasteiger partial charge in [-0.15, -0.1) is 0 Å². The van der Waals surface area contributed by atoms with Gasteiger partial charge in [0.2, 0.25) is 0 Å². The molecule has 0 fully saturated rings. The van der Waals surface area contributed by atoms with E-state index in [1.54, 1.807) is 6.07 Å². The molecule has 2 aromatic rings. The molecule has 4 heteroatoms. The summed E-state index contributed by atoms with van der Waals surface area (Å²) < 4.78 is 4.66. The lowest BCUT2D eigenvalue weighted by Gasteiger charge is -2.06. The van der Waals surface area contributed by atoms with Crippen molar-refractivity contribution >= 4 is 28.5 Å². The minimum atomic E-state index is -0.473. The van der Waals surface area contributed by atoms with Crippen LogP contribution in [0.3, 0.4) is 0 Å². The van der Waals surface area contributed by atoms with Crippen molar-refractivity contribution in [1.29, 1.82) is 0 Å². The number of ether oxygens (including phenoxy) is 1. The Morgan fingerprint density at radius 1 is 1.37 bits per heavy atom. The molecular weight excluding hydrogens is 262 g/mol. The van der Waals surface area contributed by atoms with Crippen LogP contribution in [0.25, 0.3) is 10.9 Å². The van der Waals surface area contributed by atoms with Gasteiger partial charge in [-0.25, -0.2) is 9.78 Å². The number of fused-ring (bicyclic) bond motifs is 1. The van der Waals surface area contributed by atoms with E-state index in [1.165, 1.54) is 12.7 Å². The molecule has 0 aliphatic heterocycles. The van der Waals surface area contributed by atoms with Gasteiger partial charge in [-0.1, -0.05) is 31.0 Å². The summed E-state index contributed by atoms with van der Waals surface area (Å²) in [7, 11) is 1.33. The van der Waals surface area contributed by atoms with Gasteiger partial charge in [-0.2, -0.15) is 0 Å². The van der Waals surface area contributed by atoms with E-state index in [0.29, 0.717) is 10.5 Å². The minimum absolute atomic E-state index is 0.237.